The lowest BCUT2D eigenvalue weighted by atomic mass is 10.1. The van der Waals surface area contributed by atoms with E-state index in [-0.39, 0.29) is 4.90 Å². The van der Waals surface area contributed by atoms with Gasteiger partial charge < -0.3 is 0 Å². The summed E-state index contributed by atoms with van der Waals surface area (Å²) in [5, 5.41) is 0. The van der Waals surface area contributed by atoms with Crippen LogP contribution in [-0.2, 0) is 10.2 Å². The van der Waals surface area contributed by atoms with Crippen molar-refractivity contribution in [2.45, 2.75) is 11.8 Å². The lowest BCUT2D eigenvalue weighted by molar-refractivity contribution is 0.551. The smallest absolute Gasteiger partial charge is 0.189 e. The summed E-state index contributed by atoms with van der Waals surface area (Å²) < 4.78 is 33.9. The molecular weight excluding hydrogens is 191 g/mol. The first kappa shape index (κ1) is 9.92. The van der Waals surface area contributed by atoms with Crippen molar-refractivity contribution in [1.82, 2.24) is 0 Å². The highest BCUT2D eigenvalue weighted by Gasteiger charge is 2.14. The summed E-state index contributed by atoms with van der Waals surface area (Å²) in [6, 6.07) is 4.48. The molecule has 0 fully saturated rings. The Balaban J connectivity index is 3.44. The minimum atomic E-state index is -4.61. The van der Waals surface area contributed by atoms with Crippen molar-refractivity contribution in [3.05, 3.63) is 35.9 Å². The zero-order valence-electron chi connectivity index (χ0n) is 7.12. The zero-order valence-corrected chi connectivity index (χ0v) is 7.94. The molecule has 1 rings (SSSR count). The molecule has 0 saturated carbocycles. The molecule has 0 amide bonds. The second-order valence-corrected chi connectivity index (χ2v) is 3.98. The van der Waals surface area contributed by atoms with Crippen LogP contribution in [0.25, 0.3) is 6.08 Å². The molecule has 0 saturated heterocycles. The van der Waals surface area contributed by atoms with E-state index in [1.807, 2.05) is 0 Å². The van der Waals surface area contributed by atoms with Crippen LogP contribution in [0.15, 0.2) is 29.7 Å². The Morgan fingerprint density at radius 3 is 2.54 bits per heavy atom. The molecule has 1 aromatic carbocycles. The van der Waals surface area contributed by atoms with Crippen LogP contribution in [-0.4, -0.2) is 8.42 Å². The van der Waals surface area contributed by atoms with Crippen LogP contribution in [0, 0.1) is 6.92 Å². The highest BCUT2D eigenvalue weighted by molar-refractivity contribution is 7.86. The summed E-state index contributed by atoms with van der Waals surface area (Å²) >= 11 is 0. The highest BCUT2D eigenvalue weighted by atomic mass is 32.3. The minimum Gasteiger partial charge on any atom is -0.189 e. The molecule has 13 heavy (non-hydrogen) atoms. The highest BCUT2D eigenvalue weighted by Crippen LogP contribution is 2.19. The average Bonchev–Trinajstić information content (AvgIpc) is 2.03. The van der Waals surface area contributed by atoms with Crippen LogP contribution in [0.1, 0.15) is 11.1 Å². The SMILES string of the molecule is C=Cc1ccc(C)c(S(=O)(=O)F)c1. The Morgan fingerprint density at radius 1 is 1.46 bits per heavy atom. The molecular formula is C9H9FO2S. The molecule has 4 heteroatoms. The largest absolute Gasteiger partial charge is 0.332 e. The van der Waals surface area contributed by atoms with Crippen molar-refractivity contribution in [3.8, 4) is 0 Å². The second kappa shape index (κ2) is 3.30. The van der Waals surface area contributed by atoms with E-state index in [0.29, 0.717) is 11.1 Å². The summed E-state index contributed by atoms with van der Waals surface area (Å²) in [6.45, 7) is 5.01. The lowest BCUT2D eigenvalue weighted by Gasteiger charge is -2.01. The van der Waals surface area contributed by atoms with Gasteiger partial charge in [-0.1, -0.05) is 24.8 Å². The number of hydrogen-bond donors (Lipinski definition) is 0. The predicted octanol–water partition coefficient (Wildman–Crippen LogP) is 2.30. The average molecular weight is 200 g/mol. The normalized spacial score (nSPS) is 11.2. The van der Waals surface area contributed by atoms with Crippen LogP contribution < -0.4 is 0 Å². The van der Waals surface area contributed by atoms with E-state index in [0.717, 1.165) is 0 Å². The van der Waals surface area contributed by atoms with E-state index in [1.54, 1.807) is 19.1 Å². The zero-order chi connectivity index (χ0) is 10.1. The van der Waals surface area contributed by atoms with E-state index < -0.39 is 10.2 Å². The maximum absolute atomic E-state index is 12.6. The van der Waals surface area contributed by atoms with Gasteiger partial charge >= 0.3 is 10.2 Å². The number of hydrogen-bond acceptors (Lipinski definition) is 2. The van der Waals surface area contributed by atoms with Gasteiger partial charge in [-0.25, -0.2) is 0 Å². The van der Waals surface area contributed by atoms with Gasteiger partial charge in [0.25, 0.3) is 0 Å². The molecule has 0 spiro atoms. The van der Waals surface area contributed by atoms with Crippen LogP contribution in [0.5, 0.6) is 0 Å². The fraction of sp³-hybridized carbons (Fsp3) is 0.111. The summed E-state index contributed by atoms with van der Waals surface area (Å²) in [5.41, 5.74) is 0.981. The van der Waals surface area contributed by atoms with E-state index in [9.17, 15) is 12.3 Å². The molecule has 0 unspecified atom stereocenters. The Hall–Kier alpha value is -1.16. The quantitative estimate of drug-likeness (QED) is 0.686. The van der Waals surface area contributed by atoms with Gasteiger partial charge in [0.1, 0.15) is 4.90 Å². The van der Waals surface area contributed by atoms with E-state index in [1.165, 1.54) is 12.1 Å². The molecule has 0 radical (unpaired) electrons. The molecule has 0 aliphatic heterocycles. The van der Waals surface area contributed by atoms with Crippen molar-refractivity contribution in [2.24, 2.45) is 0 Å². The number of aryl methyl sites for hydroxylation is 1. The summed E-state index contributed by atoms with van der Waals surface area (Å²) in [5.74, 6) is 0. The predicted molar refractivity (Wildman–Crippen MR) is 49.6 cm³/mol. The Kier molecular flexibility index (Phi) is 2.52. The van der Waals surface area contributed by atoms with Gasteiger partial charge in [0.05, 0.1) is 0 Å². The number of benzene rings is 1. The number of rotatable bonds is 2. The Morgan fingerprint density at radius 2 is 2.08 bits per heavy atom. The summed E-state index contributed by atoms with van der Waals surface area (Å²) in [6.07, 6.45) is 1.47. The third kappa shape index (κ3) is 2.15. The van der Waals surface area contributed by atoms with Gasteiger partial charge in [0.15, 0.2) is 0 Å². The van der Waals surface area contributed by atoms with Gasteiger partial charge in [-0.2, -0.15) is 8.42 Å². The third-order valence-corrected chi connectivity index (χ3v) is 2.68. The molecule has 0 heterocycles. The van der Waals surface area contributed by atoms with Crippen LogP contribution >= 0.6 is 0 Å². The van der Waals surface area contributed by atoms with Crippen molar-refractivity contribution in [2.75, 3.05) is 0 Å². The fourth-order valence-corrected chi connectivity index (χ4v) is 1.74. The first-order chi connectivity index (χ1) is 5.95. The monoisotopic (exact) mass is 200 g/mol. The Labute approximate surface area is 76.9 Å². The second-order valence-electron chi connectivity index (χ2n) is 2.67. The molecule has 0 aliphatic carbocycles. The first-order valence-electron chi connectivity index (χ1n) is 3.63. The third-order valence-electron chi connectivity index (χ3n) is 1.71. The molecule has 0 bridgehead atoms. The summed E-state index contributed by atoms with van der Waals surface area (Å²) in [7, 11) is -4.61. The molecule has 2 nitrogen and oxygen atoms in total. The van der Waals surface area contributed by atoms with Gasteiger partial charge in [-0.3, -0.25) is 0 Å². The van der Waals surface area contributed by atoms with Gasteiger partial charge in [-0.05, 0) is 24.1 Å². The summed E-state index contributed by atoms with van der Waals surface area (Å²) in [4.78, 5) is -0.287. The Bertz CT molecular complexity index is 435. The lowest BCUT2D eigenvalue weighted by Crippen LogP contribution is -1.95. The van der Waals surface area contributed by atoms with Crippen molar-refractivity contribution >= 4 is 16.3 Å². The molecule has 0 aliphatic rings. The van der Waals surface area contributed by atoms with Gasteiger partial charge in [0, 0.05) is 0 Å². The standard InChI is InChI=1S/C9H9FO2S/c1-3-8-5-4-7(2)9(6-8)13(10,11)12/h3-6H,1H2,2H3. The first-order valence-corrected chi connectivity index (χ1v) is 5.01. The molecule has 1 aromatic rings. The van der Waals surface area contributed by atoms with Crippen molar-refractivity contribution < 1.29 is 12.3 Å². The molecule has 0 N–H and O–H groups in total. The number of halogens is 1. The van der Waals surface area contributed by atoms with E-state index in [4.69, 9.17) is 0 Å². The maximum Gasteiger partial charge on any atom is 0.332 e. The fourth-order valence-electron chi connectivity index (χ4n) is 1.01. The van der Waals surface area contributed by atoms with Crippen molar-refractivity contribution in [1.29, 1.82) is 0 Å². The van der Waals surface area contributed by atoms with Gasteiger partial charge in [-0.15, -0.1) is 3.89 Å². The van der Waals surface area contributed by atoms with Crippen LogP contribution in [0.2, 0.25) is 0 Å². The maximum atomic E-state index is 12.6. The minimum absolute atomic E-state index is 0.287. The van der Waals surface area contributed by atoms with E-state index >= 15 is 0 Å². The van der Waals surface area contributed by atoms with Crippen LogP contribution in [0.4, 0.5) is 3.89 Å². The van der Waals surface area contributed by atoms with E-state index in [2.05, 4.69) is 6.58 Å². The molecule has 0 aromatic heterocycles. The van der Waals surface area contributed by atoms with Gasteiger partial charge in [0.2, 0.25) is 0 Å². The molecule has 0 atom stereocenters. The topological polar surface area (TPSA) is 34.1 Å². The van der Waals surface area contributed by atoms with Crippen molar-refractivity contribution in [3.63, 3.8) is 0 Å². The van der Waals surface area contributed by atoms with Crippen LogP contribution in [0.3, 0.4) is 0 Å². The molecule has 70 valence electrons.